The molecular weight excluding hydrogens is 364 g/mol. The van der Waals surface area contributed by atoms with Gasteiger partial charge in [0.2, 0.25) is 5.91 Å². The predicted molar refractivity (Wildman–Crippen MR) is 109 cm³/mol. The van der Waals surface area contributed by atoms with Crippen molar-refractivity contribution in [2.45, 2.75) is 49.9 Å². The zero-order valence-corrected chi connectivity index (χ0v) is 17.2. The first-order valence-electron chi connectivity index (χ1n) is 9.08. The monoisotopic (exact) mass is 390 g/mol. The molecule has 2 heterocycles. The number of nitrogens with one attached hydrogen (secondary N) is 1. The number of amides is 1. The smallest absolute Gasteiger partial charge is 0.233 e. The van der Waals surface area contributed by atoms with Crippen molar-refractivity contribution < 1.29 is 4.79 Å². The Labute approximate surface area is 163 Å². The van der Waals surface area contributed by atoms with Gasteiger partial charge in [0.05, 0.1) is 5.75 Å². The van der Waals surface area contributed by atoms with E-state index < -0.39 is 0 Å². The van der Waals surface area contributed by atoms with Gasteiger partial charge in [-0.25, -0.2) is 0 Å². The van der Waals surface area contributed by atoms with Crippen LogP contribution in [0.2, 0.25) is 0 Å². The molecule has 1 atom stereocenters. The fourth-order valence-corrected chi connectivity index (χ4v) is 4.79. The van der Waals surface area contributed by atoms with Crippen LogP contribution in [-0.2, 0) is 4.79 Å². The van der Waals surface area contributed by atoms with Crippen LogP contribution in [0.15, 0.2) is 28.6 Å². The molecule has 0 saturated carbocycles. The van der Waals surface area contributed by atoms with Gasteiger partial charge in [0, 0.05) is 24.8 Å². The summed E-state index contributed by atoms with van der Waals surface area (Å²) in [4.78, 5) is 14.5. The molecule has 1 aliphatic heterocycles. The Kier molecular flexibility index (Phi) is 6.53. The van der Waals surface area contributed by atoms with Crippen molar-refractivity contribution in [2.75, 3.05) is 24.2 Å². The van der Waals surface area contributed by atoms with Crippen molar-refractivity contribution in [2.24, 2.45) is 0 Å². The first-order valence-corrected chi connectivity index (χ1v) is 10.9. The van der Waals surface area contributed by atoms with Crippen molar-refractivity contribution >= 4 is 34.7 Å². The average molecular weight is 391 g/mol. The van der Waals surface area contributed by atoms with Crippen molar-refractivity contribution in [3.05, 3.63) is 34.8 Å². The van der Waals surface area contributed by atoms with Crippen LogP contribution in [0.5, 0.6) is 0 Å². The van der Waals surface area contributed by atoms with Gasteiger partial charge in [-0.3, -0.25) is 4.79 Å². The van der Waals surface area contributed by atoms with Crippen molar-refractivity contribution in [1.29, 1.82) is 0 Å². The number of carbonyl (C=O) groups excluding carboxylic acids is 1. The first kappa shape index (κ1) is 19.2. The van der Waals surface area contributed by atoms with Gasteiger partial charge in [-0.15, -0.1) is 10.2 Å². The number of likely N-dealkylation sites (tertiary alicyclic amines) is 1. The Hall–Kier alpha value is -1.60. The van der Waals surface area contributed by atoms with Crippen LogP contribution >= 0.6 is 23.1 Å². The molecule has 0 spiro atoms. The summed E-state index contributed by atoms with van der Waals surface area (Å²) < 4.78 is 0.868. The van der Waals surface area contributed by atoms with E-state index in [4.69, 9.17) is 0 Å². The van der Waals surface area contributed by atoms with Crippen molar-refractivity contribution in [3.63, 3.8) is 0 Å². The summed E-state index contributed by atoms with van der Waals surface area (Å²) in [7, 11) is 0. The predicted octanol–water partition coefficient (Wildman–Crippen LogP) is 4.17. The number of aromatic nitrogens is 2. The molecule has 0 radical (unpaired) electrons. The lowest BCUT2D eigenvalue weighted by molar-refractivity contribution is -0.129. The number of anilines is 1. The molecule has 5 nitrogen and oxygen atoms in total. The van der Waals surface area contributed by atoms with Gasteiger partial charge in [-0.05, 0) is 43.4 Å². The van der Waals surface area contributed by atoms with Gasteiger partial charge in [-0.2, -0.15) is 0 Å². The molecule has 1 aliphatic rings. The Morgan fingerprint density at radius 2 is 2.12 bits per heavy atom. The van der Waals surface area contributed by atoms with Crippen LogP contribution in [0.3, 0.4) is 0 Å². The Morgan fingerprint density at radius 1 is 1.35 bits per heavy atom. The molecule has 1 aromatic carbocycles. The summed E-state index contributed by atoms with van der Waals surface area (Å²) in [6, 6.07) is 8.96. The summed E-state index contributed by atoms with van der Waals surface area (Å²) >= 11 is 3.03. The number of rotatable bonds is 6. The molecule has 1 saturated heterocycles. The zero-order chi connectivity index (χ0) is 18.5. The highest BCUT2D eigenvalue weighted by atomic mass is 32.2. The molecule has 3 rings (SSSR count). The van der Waals surface area contributed by atoms with Gasteiger partial charge in [0.25, 0.3) is 0 Å². The largest absolute Gasteiger partial charge is 0.381 e. The number of aryl methyl sites for hydroxylation is 1. The van der Waals surface area contributed by atoms with Gasteiger partial charge >= 0.3 is 0 Å². The van der Waals surface area contributed by atoms with Crippen LogP contribution < -0.4 is 5.32 Å². The standard InChI is InChI=1S/C19H26N4OS2/c1-13(2)15-6-8-16(9-7-15)20-17-5-4-10-23(11-17)18(24)12-25-19-22-21-14(3)26-19/h6-9,13,17,20H,4-5,10-12H2,1-3H3/t17-/m0/s1. The zero-order valence-electron chi connectivity index (χ0n) is 15.6. The second-order valence-corrected chi connectivity index (χ2v) is 9.38. The number of benzene rings is 1. The molecule has 0 aliphatic carbocycles. The highest BCUT2D eigenvalue weighted by Gasteiger charge is 2.23. The van der Waals surface area contributed by atoms with Crippen molar-refractivity contribution in [3.8, 4) is 0 Å². The van der Waals surface area contributed by atoms with E-state index in [1.165, 1.54) is 28.7 Å². The van der Waals surface area contributed by atoms with E-state index in [2.05, 4.69) is 53.6 Å². The highest BCUT2D eigenvalue weighted by Crippen LogP contribution is 2.24. The van der Waals surface area contributed by atoms with Crippen LogP contribution in [-0.4, -0.2) is 45.9 Å². The van der Waals surface area contributed by atoms with Crippen molar-refractivity contribution in [1.82, 2.24) is 15.1 Å². The SMILES string of the molecule is Cc1nnc(SCC(=O)N2CCC[C@H](Nc3ccc(C(C)C)cc3)C2)s1. The maximum absolute atomic E-state index is 12.5. The number of hydrogen-bond donors (Lipinski definition) is 1. The van der Waals surface area contributed by atoms with Gasteiger partial charge in [0.1, 0.15) is 5.01 Å². The van der Waals surface area contributed by atoms with E-state index in [0.29, 0.717) is 17.7 Å². The van der Waals surface area contributed by atoms with Gasteiger partial charge < -0.3 is 10.2 Å². The summed E-state index contributed by atoms with van der Waals surface area (Å²) in [5, 5.41) is 12.6. The third kappa shape index (κ3) is 5.20. The molecule has 1 amide bonds. The Morgan fingerprint density at radius 3 is 2.77 bits per heavy atom. The van der Waals surface area contributed by atoms with E-state index in [1.54, 1.807) is 0 Å². The molecule has 2 aromatic rings. The molecule has 1 N–H and O–H groups in total. The lowest BCUT2D eigenvalue weighted by atomic mass is 10.0. The molecule has 1 fully saturated rings. The van der Waals surface area contributed by atoms with Crippen LogP contribution in [0, 0.1) is 6.92 Å². The summed E-state index contributed by atoms with van der Waals surface area (Å²) in [5.74, 6) is 1.16. The molecule has 0 bridgehead atoms. The topological polar surface area (TPSA) is 58.1 Å². The number of piperidine rings is 1. The third-order valence-electron chi connectivity index (χ3n) is 4.55. The average Bonchev–Trinajstić information content (AvgIpc) is 3.06. The molecule has 1 aromatic heterocycles. The summed E-state index contributed by atoms with van der Waals surface area (Å²) in [5.41, 5.74) is 2.48. The van der Waals surface area contributed by atoms with E-state index in [-0.39, 0.29) is 5.91 Å². The quantitative estimate of drug-likeness (QED) is 0.751. The van der Waals surface area contributed by atoms with Crippen LogP contribution in [0.1, 0.15) is 43.2 Å². The van der Waals surface area contributed by atoms with E-state index >= 15 is 0 Å². The van der Waals surface area contributed by atoms with Gasteiger partial charge in [-0.1, -0.05) is 49.1 Å². The maximum Gasteiger partial charge on any atom is 0.233 e. The highest BCUT2D eigenvalue weighted by molar-refractivity contribution is 8.01. The minimum atomic E-state index is 0.185. The maximum atomic E-state index is 12.5. The minimum absolute atomic E-state index is 0.185. The minimum Gasteiger partial charge on any atom is -0.381 e. The number of hydrogen-bond acceptors (Lipinski definition) is 6. The number of carbonyl (C=O) groups is 1. The molecular formula is C19H26N4OS2. The molecule has 26 heavy (non-hydrogen) atoms. The molecule has 140 valence electrons. The Balaban J connectivity index is 1.50. The molecule has 7 heteroatoms. The van der Waals surface area contributed by atoms with E-state index in [0.717, 1.165) is 41.0 Å². The van der Waals surface area contributed by atoms with Crippen LogP contribution in [0.4, 0.5) is 5.69 Å². The fraction of sp³-hybridized carbons (Fsp3) is 0.526. The lowest BCUT2D eigenvalue weighted by Gasteiger charge is -2.33. The normalized spacial score (nSPS) is 17.5. The molecule has 0 unspecified atom stereocenters. The summed E-state index contributed by atoms with van der Waals surface area (Å²) in [6.07, 6.45) is 2.13. The Bertz CT molecular complexity index is 729. The van der Waals surface area contributed by atoms with E-state index in [1.807, 2.05) is 11.8 Å². The first-order chi connectivity index (χ1) is 12.5. The second kappa shape index (κ2) is 8.86. The van der Waals surface area contributed by atoms with Crippen LogP contribution in [0.25, 0.3) is 0 Å². The van der Waals surface area contributed by atoms with E-state index in [9.17, 15) is 4.79 Å². The number of nitrogens with zero attached hydrogens (tertiary/aromatic N) is 3. The van der Waals surface area contributed by atoms with Gasteiger partial charge in [0.15, 0.2) is 4.34 Å². The fourth-order valence-electron chi connectivity index (χ4n) is 3.07. The third-order valence-corrected chi connectivity index (χ3v) is 6.51. The lowest BCUT2D eigenvalue weighted by Crippen LogP contribution is -2.45. The second-order valence-electron chi connectivity index (χ2n) is 6.98. The summed E-state index contributed by atoms with van der Waals surface area (Å²) in [6.45, 7) is 7.94. The number of thioether (sulfide) groups is 1.